The molecule has 28 heavy (non-hydrogen) atoms. The molecule has 150 valence electrons. The number of rotatable bonds is 2. The van der Waals surface area contributed by atoms with Crippen LogP contribution in [0.25, 0.3) is 11.8 Å². The van der Waals surface area contributed by atoms with Crippen LogP contribution in [0, 0.1) is 6.92 Å². The number of nitrogens with two attached hydrogens (primary N) is 1. The van der Waals surface area contributed by atoms with Gasteiger partial charge in [-0.05, 0) is 32.4 Å². The van der Waals surface area contributed by atoms with Crippen LogP contribution in [0.3, 0.4) is 0 Å². The van der Waals surface area contributed by atoms with Crippen LogP contribution in [-0.4, -0.2) is 34.3 Å². The maximum Gasteiger partial charge on any atom is 0.435 e. The highest BCUT2D eigenvalue weighted by Crippen LogP contribution is 2.43. The second-order valence-corrected chi connectivity index (χ2v) is 6.96. The minimum Gasteiger partial charge on any atom is -0.449 e. The SMILES string of the molecule is CCOC(=O)N1CC(C)(N)c2[nH]nc(C(F)(F)F)c2/C1=C/c1ccc(C)cc1. The van der Waals surface area contributed by atoms with Crippen molar-refractivity contribution in [1.82, 2.24) is 15.1 Å². The number of aromatic nitrogens is 2. The highest BCUT2D eigenvalue weighted by atomic mass is 19.4. The molecule has 1 unspecified atom stereocenters. The van der Waals surface area contributed by atoms with Crippen LogP contribution >= 0.6 is 0 Å². The molecule has 2 heterocycles. The van der Waals surface area contributed by atoms with E-state index in [4.69, 9.17) is 10.5 Å². The first-order valence-electron chi connectivity index (χ1n) is 8.72. The van der Waals surface area contributed by atoms with Crippen LogP contribution in [0.1, 0.15) is 41.9 Å². The Balaban J connectivity index is 2.25. The Morgan fingerprint density at radius 3 is 2.61 bits per heavy atom. The van der Waals surface area contributed by atoms with Crippen molar-refractivity contribution in [2.24, 2.45) is 5.73 Å². The fourth-order valence-electron chi connectivity index (χ4n) is 3.17. The molecule has 0 radical (unpaired) electrons. The summed E-state index contributed by atoms with van der Waals surface area (Å²) in [6.07, 6.45) is -3.98. The van der Waals surface area contributed by atoms with Gasteiger partial charge >= 0.3 is 12.3 Å². The van der Waals surface area contributed by atoms with Gasteiger partial charge in [-0.2, -0.15) is 18.3 Å². The molecule has 1 aromatic carbocycles. The Hall–Kier alpha value is -2.81. The highest BCUT2D eigenvalue weighted by molar-refractivity contribution is 5.92. The average molecular weight is 394 g/mol. The number of aryl methyl sites for hydroxylation is 1. The van der Waals surface area contributed by atoms with Crippen molar-refractivity contribution in [3.63, 3.8) is 0 Å². The van der Waals surface area contributed by atoms with Crippen molar-refractivity contribution in [3.05, 3.63) is 52.3 Å². The summed E-state index contributed by atoms with van der Waals surface area (Å²) in [6, 6.07) is 7.18. The largest absolute Gasteiger partial charge is 0.449 e. The average Bonchev–Trinajstić information content (AvgIpc) is 3.06. The number of H-pyrrole nitrogens is 1. The van der Waals surface area contributed by atoms with Crippen molar-refractivity contribution >= 4 is 17.9 Å². The van der Waals surface area contributed by atoms with Gasteiger partial charge in [0.15, 0.2) is 5.69 Å². The van der Waals surface area contributed by atoms with E-state index in [1.54, 1.807) is 26.0 Å². The normalized spacial score (nSPS) is 21.0. The molecule has 3 rings (SSSR count). The number of halogens is 3. The molecule has 9 heteroatoms. The summed E-state index contributed by atoms with van der Waals surface area (Å²) in [7, 11) is 0. The molecular formula is C19H21F3N4O2. The summed E-state index contributed by atoms with van der Waals surface area (Å²) in [5.74, 6) is 0. The lowest BCUT2D eigenvalue weighted by Gasteiger charge is -2.38. The topological polar surface area (TPSA) is 84.2 Å². The van der Waals surface area contributed by atoms with E-state index < -0.39 is 23.5 Å². The number of alkyl halides is 3. The van der Waals surface area contributed by atoms with Crippen LogP contribution in [0.15, 0.2) is 24.3 Å². The number of benzene rings is 1. The van der Waals surface area contributed by atoms with E-state index in [9.17, 15) is 18.0 Å². The van der Waals surface area contributed by atoms with Gasteiger partial charge in [0, 0.05) is 0 Å². The predicted octanol–water partition coefficient (Wildman–Crippen LogP) is 3.88. The first-order chi connectivity index (χ1) is 13.0. The molecular weight excluding hydrogens is 373 g/mol. The number of aromatic amines is 1. The third-order valence-corrected chi connectivity index (χ3v) is 4.51. The molecule has 1 aliphatic heterocycles. The molecule has 6 nitrogen and oxygen atoms in total. The summed E-state index contributed by atoms with van der Waals surface area (Å²) in [5, 5.41) is 5.89. The van der Waals surface area contributed by atoms with E-state index in [-0.39, 0.29) is 30.1 Å². The number of carbonyl (C=O) groups is 1. The number of nitrogens with zero attached hydrogens (tertiary/aromatic N) is 2. The molecule has 0 bridgehead atoms. The van der Waals surface area contributed by atoms with E-state index in [2.05, 4.69) is 10.2 Å². The first kappa shape index (κ1) is 19.9. The molecule has 1 atom stereocenters. The number of hydrogen-bond acceptors (Lipinski definition) is 4. The number of amides is 1. The molecule has 1 aliphatic rings. The number of fused-ring (bicyclic) bond motifs is 1. The Bertz CT molecular complexity index is 901. The lowest BCUT2D eigenvalue weighted by molar-refractivity contribution is -0.141. The molecule has 1 amide bonds. The minimum atomic E-state index is -4.72. The summed E-state index contributed by atoms with van der Waals surface area (Å²) in [4.78, 5) is 13.7. The van der Waals surface area contributed by atoms with Gasteiger partial charge in [0.25, 0.3) is 0 Å². The zero-order valence-electron chi connectivity index (χ0n) is 15.7. The van der Waals surface area contributed by atoms with Gasteiger partial charge in [-0.1, -0.05) is 29.8 Å². The molecule has 3 N–H and O–H groups in total. The second kappa shape index (κ2) is 6.97. The van der Waals surface area contributed by atoms with Crippen molar-refractivity contribution < 1.29 is 22.7 Å². The van der Waals surface area contributed by atoms with Gasteiger partial charge in [0.05, 0.1) is 35.6 Å². The van der Waals surface area contributed by atoms with Crippen molar-refractivity contribution in [2.75, 3.05) is 13.2 Å². The van der Waals surface area contributed by atoms with Crippen LogP contribution in [0.2, 0.25) is 0 Å². The summed E-state index contributed by atoms with van der Waals surface area (Å²) in [5.41, 5.74) is 5.42. The third kappa shape index (κ3) is 3.62. The molecule has 0 saturated heterocycles. The zero-order valence-corrected chi connectivity index (χ0v) is 15.7. The molecule has 0 spiro atoms. The smallest absolute Gasteiger partial charge is 0.435 e. The Morgan fingerprint density at radius 1 is 1.39 bits per heavy atom. The number of nitrogens with one attached hydrogen (secondary N) is 1. The number of hydrogen-bond donors (Lipinski definition) is 2. The third-order valence-electron chi connectivity index (χ3n) is 4.51. The van der Waals surface area contributed by atoms with E-state index >= 15 is 0 Å². The number of carbonyl (C=O) groups excluding carboxylic acids is 1. The van der Waals surface area contributed by atoms with E-state index in [1.807, 2.05) is 19.1 Å². The number of ether oxygens (including phenoxy) is 1. The van der Waals surface area contributed by atoms with Gasteiger partial charge in [-0.3, -0.25) is 10.00 Å². The van der Waals surface area contributed by atoms with Crippen molar-refractivity contribution in [3.8, 4) is 0 Å². The van der Waals surface area contributed by atoms with E-state index in [0.717, 1.165) is 10.5 Å². The van der Waals surface area contributed by atoms with Gasteiger partial charge in [0.2, 0.25) is 0 Å². The summed E-state index contributed by atoms with van der Waals surface area (Å²) < 4.78 is 45.9. The van der Waals surface area contributed by atoms with Crippen LogP contribution < -0.4 is 5.73 Å². The lowest BCUT2D eigenvalue weighted by atomic mass is 9.87. The Kier molecular flexibility index (Phi) is 4.97. The molecule has 2 aromatic rings. The maximum absolute atomic E-state index is 13.6. The summed E-state index contributed by atoms with van der Waals surface area (Å²) in [6.45, 7) is 5.09. The van der Waals surface area contributed by atoms with Gasteiger partial charge in [-0.25, -0.2) is 4.79 Å². The maximum atomic E-state index is 13.6. The van der Waals surface area contributed by atoms with Crippen LogP contribution in [0.4, 0.5) is 18.0 Å². The molecule has 1 aromatic heterocycles. The van der Waals surface area contributed by atoms with Gasteiger partial charge in [0.1, 0.15) is 0 Å². The first-order valence-corrected chi connectivity index (χ1v) is 8.72. The van der Waals surface area contributed by atoms with E-state index in [1.165, 1.54) is 6.08 Å². The minimum absolute atomic E-state index is 0.0429. The van der Waals surface area contributed by atoms with Crippen LogP contribution in [-0.2, 0) is 16.5 Å². The Morgan fingerprint density at radius 2 is 2.04 bits per heavy atom. The standard InChI is InChI=1S/C19H21F3N4O2/c1-4-28-17(27)26-10-18(3,23)15-14(16(25-24-15)19(20,21)22)13(26)9-12-7-5-11(2)6-8-12/h5-9H,4,10,23H2,1-3H3,(H,24,25)/b13-9-. The Labute approximate surface area is 160 Å². The summed E-state index contributed by atoms with van der Waals surface area (Å²) >= 11 is 0. The quantitative estimate of drug-likeness (QED) is 0.810. The van der Waals surface area contributed by atoms with Crippen molar-refractivity contribution in [2.45, 2.75) is 32.5 Å². The fraction of sp³-hybridized carbons (Fsp3) is 0.368. The van der Waals surface area contributed by atoms with Crippen LogP contribution in [0.5, 0.6) is 0 Å². The lowest BCUT2D eigenvalue weighted by Crippen LogP contribution is -2.51. The molecule has 0 aliphatic carbocycles. The monoisotopic (exact) mass is 394 g/mol. The second-order valence-electron chi connectivity index (χ2n) is 6.96. The van der Waals surface area contributed by atoms with Crippen molar-refractivity contribution in [1.29, 1.82) is 0 Å². The van der Waals surface area contributed by atoms with Gasteiger partial charge < -0.3 is 10.5 Å². The van der Waals surface area contributed by atoms with E-state index in [0.29, 0.717) is 5.56 Å². The zero-order chi connectivity index (χ0) is 20.7. The fourth-order valence-corrected chi connectivity index (χ4v) is 3.17. The molecule has 0 saturated carbocycles. The predicted molar refractivity (Wildman–Crippen MR) is 97.9 cm³/mol. The van der Waals surface area contributed by atoms with Gasteiger partial charge in [-0.15, -0.1) is 0 Å². The molecule has 0 fully saturated rings. The highest BCUT2D eigenvalue weighted by Gasteiger charge is 2.47.